The van der Waals surface area contributed by atoms with Gasteiger partial charge in [0.2, 0.25) is 0 Å². The largest absolute Gasteiger partial charge is 0.466 e. The Kier molecular flexibility index (Phi) is 5.33. The zero-order valence-electron chi connectivity index (χ0n) is 14.2. The molecule has 128 valence electrons. The number of rotatable bonds is 5. The normalized spacial score (nSPS) is 18.5. The van der Waals surface area contributed by atoms with Crippen molar-refractivity contribution in [2.24, 2.45) is 0 Å². The molecule has 1 aliphatic heterocycles. The molecule has 5 nitrogen and oxygen atoms in total. The monoisotopic (exact) mass is 328 g/mol. The maximum absolute atomic E-state index is 12.3. The third-order valence-electron chi connectivity index (χ3n) is 4.25. The first-order valence-electron chi connectivity index (χ1n) is 8.35. The van der Waals surface area contributed by atoms with Crippen LogP contribution in [0.5, 0.6) is 0 Å². The third kappa shape index (κ3) is 4.24. The summed E-state index contributed by atoms with van der Waals surface area (Å²) in [5.74, 6) is 1.30. The van der Waals surface area contributed by atoms with Crippen molar-refractivity contribution in [2.75, 3.05) is 26.2 Å². The number of benzene rings is 1. The lowest BCUT2D eigenvalue weighted by atomic mass is 10.2. The molecule has 24 heavy (non-hydrogen) atoms. The molecule has 2 aromatic rings. The molecular formula is C19H24N2O3. The van der Waals surface area contributed by atoms with E-state index >= 15 is 0 Å². The summed E-state index contributed by atoms with van der Waals surface area (Å²) < 4.78 is 11.2. The molecule has 5 heteroatoms. The maximum atomic E-state index is 12.3. The van der Waals surface area contributed by atoms with E-state index in [0.29, 0.717) is 24.5 Å². The first-order valence-corrected chi connectivity index (χ1v) is 8.35. The summed E-state index contributed by atoms with van der Waals surface area (Å²) in [5.41, 5.74) is 1.90. The van der Waals surface area contributed by atoms with Gasteiger partial charge in [-0.15, -0.1) is 0 Å². The van der Waals surface area contributed by atoms with Gasteiger partial charge in [0.15, 0.2) is 0 Å². The van der Waals surface area contributed by atoms with E-state index in [9.17, 15) is 4.79 Å². The minimum Gasteiger partial charge on any atom is -0.466 e. The lowest BCUT2D eigenvalue weighted by Crippen LogP contribution is -2.47. The van der Waals surface area contributed by atoms with Crippen LogP contribution in [0.25, 0.3) is 0 Å². The van der Waals surface area contributed by atoms with Crippen molar-refractivity contribution in [3.05, 3.63) is 59.0 Å². The smallest absolute Gasteiger partial charge is 0.254 e. The summed E-state index contributed by atoms with van der Waals surface area (Å²) in [7, 11) is 0. The number of nitrogens with one attached hydrogen (secondary N) is 1. The topological polar surface area (TPSA) is 54.7 Å². The van der Waals surface area contributed by atoms with Gasteiger partial charge in [0.05, 0.1) is 18.3 Å². The standard InChI is InChI=1S/C19H24N2O3/c1-14-10-18(15(2)24-14)19(22)20-11-17-13-21(8-9-23-17)12-16-6-4-3-5-7-16/h3-7,10,17H,8-9,11-13H2,1-2H3,(H,20,22). The van der Waals surface area contributed by atoms with Gasteiger partial charge in [-0.05, 0) is 25.5 Å². The zero-order valence-corrected chi connectivity index (χ0v) is 14.2. The van der Waals surface area contributed by atoms with Crippen molar-refractivity contribution in [1.29, 1.82) is 0 Å². The summed E-state index contributed by atoms with van der Waals surface area (Å²) >= 11 is 0. The second kappa shape index (κ2) is 7.64. The van der Waals surface area contributed by atoms with Crippen molar-refractivity contribution in [3.8, 4) is 0 Å². The van der Waals surface area contributed by atoms with Crippen LogP contribution < -0.4 is 5.32 Å². The number of carbonyl (C=O) groups is 1. The molecule has 1 fully saturated rings. The molecular weight excluding hydrogens is 304 g/mol. The molecule has 0 saturated carbocycles. The Morgan fingerprint density at radius 1 is 1.29 bits per heavy atom. The van der Waals surface area contributed by atoms with Gasteiger partial charge in [-0.25, -0.2) is 0 Å². The highest BCUT2D eigenvalue weighted by Gasteiger charge is 2.22. The quantitative estimate of drug-likeness (QED) is 0.916. The van der Waals surface area contributed by atoms with Crippen LogP contribution in [0.1, 0.15) is 27.4 Å². The summed E-state index contributed by atoms with van der Waals surface area (Å²) in [6.45, 7) is 7.49. The van der Waals surface area contributed by atoms with Crippen molar-refractivity contribution in [3.63, 3.8) is 0 Å². The Bertz CT molecular complexity index is 681. The molecule has 0 radical (unpaired) electrons. The minimum absolute atomic E-state index is 0.0136. The first-order chi connectivity index (χ1) is 11.6. The fraction of sp³-hybridized carbons (Fsp3) is 0.421. The number of nitrogens with zero attached hydrogens (tertiary/aromatic N) is 1. The summed E-state index contributed by atoms with van der Waals surface area (Å²) in [6, 6.07) is 12.2. The van der Waals surface area contributed by atoms with Gasteiger partial charge in [0.25, 0.3) is 5.91 Å². The van der Waals surface area contributed by atoms with E-state index in [2.05, 4.69) is 34.5 Å². The SMILES string of the molecule is Cc1cc(C(=O)NCC2CN(Cc3ccccc3)CCO2)c(C)o1. The van der Waals surface area contributed by atoms with E-state index in [1.54, 1.807) is 13.0 Å². The molecule has 0 bridgehead atoms. The van der Waals surface area contributed by atoms with Gasteiger partial charge < -0.3 is 14.5 Å². The number of amides is 1. The van der Waals surface area contributed by atoms with E-state index < -0.39 is 0 Å². The molecule has 1 amide bonds. The van der Waals surface area contributed by atoms with Crippen molar-refractivity contribution >= 4 is 5.91 Å². The Labute approximate surface area is 142 Å². The number of furan rings is 1. The minimum atomic E-state index is -0.104. The molecule has 2 heterocycles. The number of aryl methyl sites for hydroxylation is 2. The van der Waals surface area contributed by atoms with E-state index in [1.807, 2.05) is 13.0 Å². The average Bonchev–Trinajstić information content (AvgIpc) is 2.92. The number of morpholine rings is 1. The fourth-order valence-corrected chi connectivity index (χ4v) is 3.05. The van der Waals surface area contributed by atoms with E-state index in [-0.39, 0.29) is 12.0 Å². The molecule has 1 aromatic carbocycles. The predicted octanol–water partition coefficient (Wildman–Crippen LogP) is 2.53. The lowest BCUT2D eigenvalue weighted by Gasteiger charge is -2.33. The summed E-state index contributed by atoms with van der Waals surface area (Å²) in [6.07, 6.45) is 0.0136. The number of carbonyl (C=O) groups excluding carboxylic acids is 1. The van der Waals surface area contributed by atoms with Crippen LogP contribution >= 0.6 is 0 Å². The van der Waals surface area contributed by atoms with Crippen molar-refractivity contribution in [2.45, 2.75) is 26.5 Å². The van der Waals surface area contributed by atoms with Gasteiger partial charge in [0.1, 0.15) is 11.5 Å². The van der Waals surface area contributed by atoms with E-state index in [4.69, 9.17) is 9.15 Å². The summed E-state index contributed by atoms with van der Waals surface area (Å²) in [4.78, 5) is 14.6. The molecule has 1 N–H and O–H groups in total. The van der Waals surface area contributed by atoms with Gasteiger partial charge in [-0.1, -0.05) is 30.3 Å². The van der Waals surface area contributed by atoms with Gasteiger partial charge in [0, 0.05) is 26.2 Å². The Morgan fingerprint density at radius 3 is 2.79 bits per heavy atom. The summed E-state index contributed by atoms with van der Waals surface area (Å²) in [5, 5.41) is 2.96. The van der Waals surface area contributed by atoms with Gasteiger partial charge in [-0.2, -0.15) is 0 Å². The van der Waals surface area contributed by atoms with Gasteiger partial charge in [-0.3, -0.25) is 9.69 Å². The highest BCUT2D eigenvalue weighted by Crippen LogP contribution is 2.14. The van der Waals surface area contributed by atoms with Crippen LogP contribution in [-0.4, -0.2) is 43.2 Å². The second-order valence-electron chi connectivity index (χ2n) is 6.25. The molecule has 1 unspecified atom stereocenters. The fourth-order valence-electron chi connectivity index (χ4n) is 3.05. The average molecular weight is 328 g/mol. The highest BCUT2D eigenvalue weighted by molar-refractivity contribution is 5.95. The van der Waals surface area contributed by atoms with Gasteiger partial charge >= 0.3 is 0 Å². The lowest BCUT2D eigenvalue weighted by molar-refractivity contribution is -0.0292. The van der Waals surface area contributed by atoms with Crippen LogP contribution in [0.3, 0.4) is 0 Å². The second-order valence-corrected chi connectivity index (χ2v) is 6.25. The number of ether oxygens (including phenoxy) is 1. The van der Waals surface area contributed by atoms with Crippen LogP contribution in [0.15, 0.2) is 40.8 Å². The molecule has 1 aromatic heterocycles. The third-order valence-corrected chi connectivity index (χ3v) is 4.25. The Hall–Kier alpha value is -2.11. The van der Waals surface area contributed by atoms with Crippen molar-refractivity contribution < 1.29 is 13.9 Å². The molecule has 1 atom stereocenters. The molecule has 0 spiro atoms. The molecule has 1 saturated heterocycles. The first kappa shape index (κ1) is 16.7. The van der Waals surface area contributed by atoms with E-state index in [0.717, 1.165) is 25.4 Å². The molecule has 1 aliphatic rings. The number of hydrogen-bond donors (Lipinski definition) is 1. The zero-order chi connectivity index (χ0) is 16.9. The van der Waals surface area contributed by atoms with Crippen LogP contribution in [-0.2, 0) is 11.3 Å². The Balaban J connectivity index is 1.50. The van der Waals surface area contributed by atoms with Crippen LogP contribution in [0, 0.1) is 13.8 Å². The van der Waals surface area contributed by atoms with Crippen LogP contribution in [0.2, 0.25) is 0 Å². The molecule has 3 rings (SSSR count). The van der Waals surface area contributed by atoms with E-state index in [1.165, 1.54) is 5.56 Å². The predicted molar refractivity (Wildman–Crippen MR) is 92.0 cm³/mol. The van der Waals surface area contributed by atoms with Crippen LogP contribution in [0.4, 0.5) is 0 Å². The number of hydrogen-bond acceptors (Lipinski definition) is 4. The Morgan fingerprint density at radius 2 is 2.08 bits per heavy atom. The molecule has 0 aliphatic carbocycles. The maximum Gasteiger partial charge on any atom is 0.254 e. The van der Waals surface area contributed by atoms with Crippen molar-refractivity contribution in [1.82, 2.24) is 10.2 Å². The highest BCUT2D eigenvalue weighted by atomic mass is 16.5.